The number of aromatic nitrogens is 1. The van der Waals surface area contributed by atoms with Crippen molar-refractivity contribution < 1.29 is 4.79 Å². The predicted molar refractivity (Wildman–Crippen MR) is 106 cm³/mol. The van der Waals surface area contributed by atoms with E-state index in [4.69, 9.17) is 5.73 Å². The summed E-state index contributed by atoms with van der Waals surface area (Å²) in [6.45, 7) is 2.50. The van der Waals surface area contributed by atoms with Gasteiger partial charge in [0.05, 0.1) is 0 Å². The number of rotatable bonds is 6. The SMILES string of the molecule is CCC(N)Cc1cn(CC(=O)NC2CCCCC2)c2ccccc12.Cl. The number of amides is 1. The lowest BCUT2D eigenvalue weighted by molar-refractivity contribution is -0.122. The summed E-state index contributed by atoms with van der Waals surface area (Å²) in [5.74, 6) is 0.119. The summed E-state index contributed by atoms with van der Waals surface area (Å²) < 4.78 is 2.07. The van der Waals surface area contributed by atoms with Crippen LogP contribution in [0.25, 0.3) is 10.9 Å². The van der Waals surface area contributed by atoms with Gasteiger partial charge in [-0.2, -0.15) is 0 Å². The van der Waals surface area contributed by atoms with Crippen molar-refractivity contribution in [2.45, 2.75) is 70.5 Å². The molecule has 0 aliphatic heterocycles. The zero-order chi connectivity index (χ0) is 16.9. The van der Waals surface area contributed by atoms with Crippen molar-refractivity contribution in [2.75, 3.05) is 0 Å². The maximum atomic E-state index is 12.5. The first-order chi connectivity index (χ1) is 11.7. The van der Waals surface area contributed by atoms with Crippen molar-refractivity contribution >= 4 is 29.2 Å². The maximum absolute atomic E-state index is 12.5. The van der Waals surface area contributed by atoms with Crippen LogP contribution < -0.4 is 11.1 Å². The van der Waals surface area contributed by atoms with Gasteiger partial charge in [-0.1, -0.05) is 44.4 Å². The molecule has 0 radical (unpaired) electrons. The van der Waals surface area contributed by atoms with Crippen LogP contribution >= 0.6 is 12.4 Å². The van der Waals surface area contributed by atoms with Gasteiger partial charge in [-0.3, -0.25) is 4.79 Å². The van der Waals surface area contributed by atoms with Crippen LogP contribution in [0, 0.1) is 0 Å². The Labute approximate surface area is 156 Å². The average Bonchev–Trinajstić information content (AvgIpc) is 2.93. The number of carbonyl (C=O) groups is 1. The normalized spacial score (nSPS) is 16.4. The molecule has 0 saturated heterocycles. The van der Waals surface area contributed by atoms with Crippen LogP contribution in [0.15, 0.2) is 30.5 Å². The monoisotopic (exact) mass is 363 g/mol. The molecule has 1 aliphatic carbocycles. The van der Waals surface area contributed by atoms with E-state index < -0.39 is 0 Å². The minimum absolute atomic E-state index is 0. The fraction of sp³-hybridized carbons (Fsp3) is 0.550. The van der Waals surface area contributed by atoms with Crippen LogP contribution in [0.5, 0.6) is 0 Å². The number of halogens is 1. The number of nitrogens with zero attached hydrogens (tertiary/aromatic N) is 1. The number of carbonyl (C=O) groups excluding carboxylic acids is 1. The highest BCUT2D eigenvalue weighted by molar-refractivity contribution is 5.86. The van der Waals surface area contributed by atoms with Gasteiger partial charge in [0.25, 0.3) is 0 Å². The zero-order valence-corrected chi connectivity index (χ0v) is 15.9. The Balaban J connectivity index is 0.00000225. The number of benzene rings is 1. The van der Waals surface area contributed by atoms with Crippen molar-refractivity contribution in [3.63, 3.8) is 0 Å². The van der Waals surface area contributed by atoms with Crippen molar-refractivity contribution in [1.82, 2.24) is 9.88 Å². The molecule has 3 rings (SSSR count). The van der Waals surface area contributed by atoms with Crippen LogP contribution in [0.2, 0.25) is 0 Å². The molecule has 4 nitrogen and oxygen atoms in total. The molecule has 5 heteroatoms. The molecular weight excluding hydrogens is 334 g/mol. The molecule has 1 unspecified atom stereocenters. The summed E-state index contributed by atoms with van der Waals surface area (Å²) in [7, 11) is 0. The molecule has 1 fully saturated rings. The molecule has 1 saturated carbocycles. The van der Waals surface area contributed by atoms with Crippen molar-refractivity contribution in [2.24, 2.45) is 5.73 Å². The first-order valence-corrected chi connectivity index (χ1v) is 9.29. The maximum Gasteiger partial charge on any atom is 0.240 e. The average molecular weight is 364 g/mol. The van der Waals surface area contributed by atoms with Gasteiger partial charge in [-0.05, 0) is 37.3 Å². The Morgan fingerprint density at radius 3 is 2.72 bits per heavy atom. The number of fused-ring (bicyclic) bond motifs is 1. The minimum atomic E-state index is 0. The van der Waals surface area contributed by atoms with E-state index in [1.165, 1.54) is 30.2 Å². The highest BCUT2D eigenvalue weighted by Crippen LogP contribution is 2.23. The molecule has 1 aromatic carbocycles. The molecule has 1 heterocycles. The van der Waals surface area contributed by atoms with Gasteiger partial charge in [0.2, 0.25) is 5.91 Å². The van der Waals surface area contributed by atoms with Gasteiger partial charge in [-0.15, -0.1) is 12.4 Å². The first-order valence-electron chi connectivity index (χ1n) is 9.29. The van der Waals surface area contributed by atoms with Gasteiger partial charge < -0.3 is 15.6 Å². The molecule has 1 aromatic heterocycles. The van der Waals surface area contributed by atoms with Crippen LogP contribution in [0.1, 0.15) is 51.0 Å². The second-order valence-electron chi connectivity index (χ2n) is 7.07. The van der Waals surface area contributed by atoms with E-state index in [0.29, 0.717) is 12.6 Å². The molecule has 1 atom stereocenters. The molecule has 2 aromatic rings. The fourth-order valence-corrected chi connectivity index (χ4v) is 3.72. The highest BCUT2D eigenvalue weighted by atomic mass is 35.5. The van der Waals surface area contributed by atoms with E-state index in [1.807, 2.05) is 6.07 Å². The standard InChI is InChI=1S/C20H29N3O.ClH/c1-2-16(21)12-15-13-23(19-11-7-6-10-18(15)19)14-20(24)22-17-8-4-3-5-9-17;/h6-7,10-11,13,16-17H,2-5,8-9,12,14,21H2,1H3,(H,22,24);1H. The molecule has 0 spiro atoms. The summed E-state index contributed by atoms with van der Waals surface area (Å²) in [6.07, 6.45) is 9.93. The topological polar surface area (TPSA) is 60.0 Å². The lowest BCUT2D eigenvalue weighted by Crippen LogP contribution is -2.38. The molecule has 25 heavy (non-hydrogen) atoms. The molecular formula is C20H30ClN3O. The third-order valence-corrected chi connectivity index (χ3v) is 5.16. The number of nitrogens with one attached hydrogen (secondary N) is 1. The van der Waals surface area contributed by atoms with Crippen LogP contribution in [-0.2, 0) is 17.8 Å². The van der Waals surface area contributed by atoms with Crippen molar-refractivity contribution in [3.8, 4) is 0 Å². The van der Waals surface area contributed by atoms with Crippen LogP contribution in [0.4, 0.5) is 0 Å². The summed E-state index contributed by atoms with van der Waals surface area (Å²) in [5.41, 5.74) is 8.50. The van der Waals surface area contributed by atoms with E-state index >= 15 is 0 Å². The van der Waals surface area contributed by atoms with Crippen LogP contribution in [-0.4, -0.2) is 22.6 Å². The van der Waals surface area contributed by atoms with Gasteiger partial charge >= 0.3 is 0 Å². The quantitative estimate of drug-likeness (QED) is 0.820. The molecule has 0 bridgehead atoms. The van der Waals surface area contributed by atoms with E-state index in [-0.39, 0.29) is 24.4 Å². The Hall–Kier alpha value is -1.52. The lowest BCUT2D eigenvalue weighted by atomic mass is 9.95. The van der Waals surface area contributed by atoms with E-state index in [2.05, 4.69) is 41.2 Å². The van der Waals surface area contributed by atoms with Crippen molar-refractivity contribution in [1.29, 1.82) is 0 Å². The largest absolute Gasteiger partial charge is 0.352 e. The highest BCUT2D eigenvalue weighted by Gasteiger charge is 2.17. The number of para-hydroxylation sites is 1. The minimum Gasteiger partial charge on any atom is -0.352 e. The fourth-order valence-electron chi connectivity index (χ4n) is 3.72. The summed E-state index contributed by atoms with van der Waals surface area (Å²) in [4.78, 5) is 12.5. The molecule has 138 valence electrons. The zero-order valence-electron chi connectivity index (χ0n) is 15.0. The third-order valence-electron chi connectivity index (χ3n) is 5.16. The Bertz CT molecular complexity index is 691. The molecule has 1 aliphatic rings. The summed E-state index contributed by atoms with van der Waals surface area (Å²) in [5, 5.41) is 4.42. The molecule has 1 amide bonds. The summed E-state index contributed by atoms with van der Waals surface area (Å²) in [6, 6.07) is 8.82. The Morgan fingerprint density at radius 1 is 1.28 bits per heavy atom. The van der Waals surface area contributed by atoms with E-state index in [1.54, 1.807) is 0 Å². The van der Waals surface area contributed by atoms with Gasteiger partial charge in [0.15, 0.2) is 0 Å². The van der Waals surface area contributed by atoms with Gasteiger partial charge in [-0.25, -0.2) is 0 Å². The lowest BCUT2D eigenvalue weighted by Gasteiger charge is -2.22. The Kier molecular flexibility index (Phi) is 7.33. The third kappa shape index (κ3) is 4.99. The number of nitrogens with two attached hydrogens (primary N) is 1. The van der Waals surface area contributed by atoms with E-state index in [0.717, 1.165) is 31.2 Å². The van der Waals surface area contributed by atoms with Crippen molar-refractivity contribution in [3.05, 3.63) is 36.0 Å². The second-order valence-corrected chi connectivity index (χ2v) is 7.07. The number of hydrogen-bond acceptors (Lipinski definition) is 2. The van der Waals surface area contributed by atoms with Gasteiger partial charge in [0, 0.05) is 29.2 Å². The summed E-state index contributed by atoms with van der Waals surface area (Å²) >= 11 is 0. The molecule has 3 N–H and O–H groups in total. The van der Waals surface area contributed by atoms with Crippen LogP contribution in [0.3, 0.4) is 0 Å². The smallest absolute Gasteiger partial charge is 0.240 e. The first kappa shape index (κ1) is 19.8. The second kappa shape index (κ2) is 9.25. The predicted octanol–water partition coefficient (Wildman–Crippen LogP) is 3.79. The number of hydrogen-bond donors (Lipinski definition) is 2. The van der Waals surface area contributed by atoms with E-state index in [9.17, 15) is 4.79 Å². The Morgan fingerprint density at radius 2 is 2.00 bits per heavy atom. The van der Waals surface area contributed by atoms with Gasteiger partial charge in [0.1, 0.15) is 6.54 Å².